The van der Waals surface area contributed by atoms with Crippen LogP contribution in [0.25, 0.3) is 0 Å². The van der Waals surface area contributed by atoms with Gasteiger partial charge in [0.25, 0.3) is 0 Å². The van der Waals surface area contributed by atoms with Gasteiger partial charge in [-0.05, 0) is 0 Å². The number of thiocarbonyl (C=S) groups is 1. The maximum atomic E-state index is 11.9. The first-order chi connectivity index (χ1) is 8.90. The van der Waals surface area contributed by atoms with Crippen LogP contribution in [0, 0.1) is 0 Å². The van der Waals surface area contributed by atoms with Crippen LogP contribution in [-0.2, 0) is 9.59 Å². The molecule has 0 aliphatic carbocycles. The lowest BCUT2D eigenvalue weighted by Gasteiger charge is -2.32. The van der Waals surface area contributed by atoms with E-state index < -0.39 is 0 Å². The van der Waals surface area contributed by atoms with E-state index in [1.807, 2.05) is 4.90 Å². The van der Waals surface area contributed by atoms with Crippen LogP contribution in [0.4, 0.5) is 0 Å². The Bertz CT molecular complexity index is 362. The minimum absolute atomic E-state index is 0.0580. The maximum absolute atomic E-state index is 11.9. The molecule has 0 spiro atoms. The van der Waals surface area contributed by atoms with Gasteiger partial charge in [0.15, 0.2) is 0 Å². The molecule has 1 saturated heterocycles. The Morgan fingerprint density at radius 3 is 2.68 bits per heavy atom. The average Bonchev–Trinajstić information content (AvgIpc) is 2.36. The van der Waals surface area contributed by atoms with Crippen molar-refractivity contribution in [1.82, 2.24) is 14.7 Å². The number of nitrogens with zero attached hydrogens (tertiary/aromatic N) is 3. The molecule has 0 radical (unpaired) electrons. The zero-order valence-corrected chi connectivity index (χ0v) is 12.4. The number of hydrogen-bond donors (Lipinski definition) is 1. The molecule has 0 unspecified atom stereocenters. The molecule has 0 atom stereocenters. The van der Waals surface area contributed by atoms with Crippen LogP contribution >= 0.6 is 12.2 Å². The molecule has 0 aromatic rings. The Morgan fingerprint density at radius 2 is 2.11 bits per heavy atom. The fourth-order valence-electron chi connectivity index (χ4n) is 1.85. The van der Waals surface area contributed by atoms with Crippen molar-refractivity contribution in [2.24, 2.45) is 5.73 Å². The molecule has 1 aliphatic heterocycles. The van der Waals surface area contributed by atoms with Crippen molar-refractivity contribution < 1.29 is 9.59 Å². The molecule has 1 fully saturated rings. The molecule has 2 amide bonds. The highest BCUT2D eigenvalue weighted by Crippen LogP contribution is 2.03. The molecular weight excluding hydrogens is 264 g/mol. The number of hydrogen-bond acceptors (Lipinski definition) is 4. The normalized spacial score (nSPS) is 16.5. The summed E-state index contributed by atoms with van der Waals surface area (Å²) in [6, 6.07) is 0. The summed E-state index contributed by atoms with van der Waals surface area (Å²) >= 11 is 4.78. The third kappa shape index (κ3) is 5.52. The van der Waals surface area contributed by atoms with E-state index in [0.717, 1.165) is 13.1 Å². The summed E-state index contributed by atoms with van der Waals surface area (Å²) in [7, 11) is 3.55. The fourth-order valence-corrected chi connectivity index (χ4v) is 1.94. The van der Waals surface area contributed by atoms with Gasteiger partial charge in [-0.2, -0.15) is 0 Å². The Kier molecular flexibility index (Phi) is 6.17. The molecule has 6 nitrogen and oxygen atoms in total. The number of piperazine rings is 1. The van der Waals surface area contributed by atoms with Gasteiger partial charge in [0.05, 0.1) is 11.5 Å². The molecule has 1 rings (SSSR count). The Balaban J connectivity index is 2.26. The molecule has 19 heavy (non-hydrogen) atoms. The van der Waals surface area contributed by atoms with Crippen molar-refractivity contribution >= 4 is 29.0 Å². The second-order valence-electron chi connectivity index (χ2n) is 4.87. The summed E-state index contributed by atoms with van der Waals surface area (Å²) in [5.41, 5.74) is 5.40. The number of likely N-dealkylation sites (N-methyl/N-ethyl adjacent to an activating group) is 1. The summed E-state index contributed by atoms with van der Waals surface area (Å²) in [5, 5.41) is 0. The summed E-state index contributed by atoms with van der Waals surface area (Å²) in [4.78, 5) is 29.2. The van der Waals surface area contributed by atoms with Crippen LogP contribution in [-0.4, -0.2) is 78.3 Å². The van der Waals surface area contributed by atoms with Crippen molar-refractivity contribution in [2.45, 2.75) is 12.8 Å². The molecule has 0 aromatic carbocycles. The lowest BCUT2D eigenvalue weighted by Crippen LogP contribution is -2.49. The van der Waals surface area contributed by atoms with Crippen LogP contribution in [0.15, 0.2) is 0 Å². The highest BCUT2D eigenvalue weighted by Gasteiger charge is 2.21. The molecule has 0 aromatic heterocycles. The van der Waals surface area contributed by atoms with Crippen molar-refractivity contribution in [3.63, 3.8) is 0 Å². The molecule has 0 bridgehead atoms. The van der Waals surface area contributed by atoms with Gasteiger partial charge in [-0.15, -0.1) is 0 Å². The summed E-state index contributed by atoms with van der Waals surface area (Å²) in [6.45, 7) is 3.13. The number of rotatable bonds is 6. The molecule has 7 heteroatoms. The van der Waals surface area contributed by atoms with Gasteiger partial charge < -0.3 is 15.5 Å². The topological polar surface area (TPSA) is 69.9 Å². The molecular formula is C12H22N4O2S. The van der Waals surface area contributed by atoms with Crippen molar-refractivity contribution in [1.29, 1.82) is 0 Å². The van der Waals surface area contributed by atoms with Gasteiger partial charge in [0, 0.05) is 53.1 Å². The van der Waals surface area contributed by atoms with Crippen LogP contribution in [0.3, 0.4) is 0 Å². The minimum Gasteiger partial charge on any atom is -0.393 e. The predicted molar refractivity (Wildman–Crippen MR) is 77.7 cm³/mol. The molecule has 1 heterocycles. The van der Waals surface area contributed by atoms with Crippen molar-refractivity contribution in [3.8, 4) is 0 Å². The van der Waals surface area contributed by atoms with E-state index in [2.05, 4.69) is 0 Å². The molecule has 1 aliphatic rings. The lowest BCUT2D eigenvalue weighted by atomic mass is 10.2. The van der Waals surface area contributed by atoms with Crippen LogP contribution in [0.5, 0.6) is 0 Å². The van der Waals surface area contributed by atoms with E-state index >= 15 is 0 Å². The van der Waals surface area contributed by atoms with E-state index in [1.54, 1.807) is 23.9 Å². The first-order valence-electron chi connectivity index (χ1n) is 6.38. The second-order valence-corrected chi connectivity index (χ2v) is 5.40. The number of nitrogens with two attached hydrogens (primary N) is 1. The first kappa shape index (κ1) is 15.8. The monoisotopic (exact) mass is 286 g/mol. The van der Waals surface area contributed by atoms with Gasteiger partial charge in [0.1, 0.15) is 0 Å². The Labute approximate surface area is 119 Å². The van der Waals surface area contributed by atoms with E-state index in [0.29, 0.717) is 37.5 Å². The second kappa shape index (κ2) is 7.40. The fraction of sp³-hybridized carbons (Fsp3) is 0.750. The van der Waals surface area contributed by atoms with Crippen molar-refractivity contribution in [3.05, 3.63) is 0 Å². The van der Waals surface area contributed by atoms with Gasteiger partial charge in [-0.3, -0.25) is 14.5 Å². The standard InChI is InChI=1S/C12H22N4O2S/c1-14(5-3-10(13)19)11(17)4-6-16-8-7-15(2)12(18)9-16/h3-9H2,1-2H3,(H2,13,19). The van der Waals surface area contributed by atoms with E-state index in [9.17, 15) is 9.59 Å². The van der Waals surface area contributed by atoms with Gasteiger partial charge in [0.2, 0.25) is 11.8 Å². The lowest BCUT2D eigenvalue weighted by molar-refractivity contribution is -0.136. The van der Waals surface area contributed by atoms with Crippen LogP contribution in [0.2, 0.25) is 0 Å². The smallest absolute Gasteiger partial charge is 0.236 e. The quantitative estimate of drug-likeness (QED) is 0.653. The number of amides is 2. The third-order valence-corrected chi connectivity index (χ3v) is 3.50. The maximum Gasteiger partial charge on any atom is 0.236 e. The number of carbonyl (C=O) groups excluding carboxylic acids is 2. The first-order valence-corrected chi connectivity index (χ1v) is 6.79. The highest BCUT2D eigenvalue weighted by atomic mass is 32.1. The van der Waals surface area contributed by atoms with E-state index in [1.165, 1.54) is 0 Å². The summed E-state index contributed by atoms with van der Waals surface area (Å²) in [6.07, 6.45) is 0.968. The predicted octanol–water partition coefficient (Wildman–Crippen LogP) is -0.715. The third-order valence-electron chi connectivity index (χ3n) is 3.30. The SMILES string of the molecule is CN(CCC(N)=S)C(=O)CCN1CCN(C)C(=O)C1. The summed E-state index contributed by atoms with van der Waals surface area (Å²) < 4.78 is 0. The largest absolute Gasteiger partial charge is 0.393 e. The molecule has 108 valence electrons. The summed E-state index contributed by atoms with van der Waals surface area (Å²) in [5.74, 6) is 0.170. The van der Waals surface area contributed by atoms with E-state index in [4.69, 9.17) is 18.0 Å². The van der Waals surface area contributed by atoms with Gasteiger partial charge >= 0.3 is 0 Å². The average molecular weight is 286 g/mol. The van der Waals surface area contributed by atoms with Crippen LogP contribution in [0.1, 0.15) is 12.8 Å². The van der Waals surface area contributed by atoms with Crippen molar-refractivity contribution in [2.75, 3.05) is 46.8 Å². The van der Waals surface area contributed by atoms with Gasteiger partial charge in [-0.1, -0.05) is 12.2 Å². The zero-order valence-electron chi connectivity index (χ0n) is 11.6. The molecule has 2 N–H and O–H groups in total. The van der Waals surface area contributed by atoms with Gasteiger partial charge in [-0.25, -0.2) is 0 Å². The van der Waals surface area contributed by atoms with E-state index in [-0.39, 0.29) is 11.8 Å². The highest BCUT2D eigenvalue weighted by molar-refractivity contribution is 7.80. The Hall–Kier alpha value is -1.21. The Morgan fingerprint density at radius 1 is 1.42 bits per heavy atom. The minimum atomic E-state index is 0.0580. The van der Waals surface area contributed by atoms with Crippen LogP contribution < -0.4 is 5.73 Å². The zero-order chi connectivity index (χ0) is 14.4. The molecule has 0 saturated carbocycles. The number of carbonyl (C=O) groups is 2.